The van der Waals surface area contributed by atoms with Gasteiger partial charge in [0.05, 0.1) is 5.41 Å². The predicted molar refractivity (Wildman–Crippen MR) is 137 cm³/mol. The lowest BCUT2D eigenvalue weighted by Gasteiger charge is -2.34. The number of benzene rings is 2. The highest BCUT2D eigenvalue weighted by molar-refractivity contribution is 5.94. The zero-order valence-corrected chi connectivity index (χ0v) is 21.0. The molecule has 1 aliphatic carbocycles. The van der Waals surface area contributed by atoms with Crippen LogP contribution in [-0.2, 0) is 17.6 Å². The summed E-state index contributed by atoms with van der Waals surface area (Å²) in [7, 11) is 0. The van der Waals surface area contributed by atoms with E-state index in [2.05, 4.69) is 46.7 Å². The Labute approximate surface area is 204 Å². The summed E-state index contributed by atoms with van der Waals surface area (Å²) in [4.78, 5) is 27.8. The largest absolute Gasteiger partial charge is 0.356 e. The van der Waals surface area contributed by atoms with Gasteiger partial charge in [-0.3, -0.25) is 9.59 Å². The topological polar surface area (TPSA) is 61.4 Å². The SMILES string of the molecule is CCNC(=O)C1(C)CCc2cc(C(=O)NCCN3CCCC(c4ccccc4C)C3)ccc2C1. The fourth-order valence-corrected chi connectivity index (χ4v) is 5.65. The van der Waals surface area contributed by atoms with Gasteiger partial charge in [0.2, 0.25) is 5.91 Å². The van der Waals surface area contributed by atoms with Gasteiger partial charge in [0, 0.05) is 31.7 Å². The first kappa shape index (κ1) is 24.5. The van der Waals surface area contributed by atoms with Crippen molar-refractivity contribution < 1.29 is 9.59 Å². The Morgan fingerprint density at radius 2 is 1.94 bits per heavy atom. The Hall–Kier alpha value is -2.66. The molecule has 1 aliphatic heterocycles. The van der Waals surface area contributed by atoms with Gasteiger partial charge >= 0.3 is 0 Å². The summed E-state index contributed by atoms with van der Waals surface area (Å²) in [6.45, 7) is 10.6. The first-order valence-corrected chi connectivity index (χ1v) is 12.9. The Morgan fingerprint density at radius 1 is 1.12 bits per heavy atom. The summed E-state index contributed by atoms with van der Waals surface area (Å²) in [5, 5.41) is 6.10. The van der Waals surface area contributed by atoms with Crippen molar-refractivity contribution in [3.05, 3.63) is 70.3 Å². The molecule has 0 radical (unpaired) electrons. The number of amides is 2. The molecule has 2 amide bonds. The van der Waals surface area contributed by atoms with E-state index in [1.54, 1.807) is 0 Å². The highest BCUT2D eigenvalue weighted by Crippen LogP contribution is 2.36. The summed E-state index contributed by atoms with van der Waals surface area (Å²) in [6, 6.07) is 14.7. The van der Waals surface area contributed by atoms with Gasteiger partial charge in [0.25, 0.3) is 5.91 Å². The Kier molecular flexibility index (Phi) is 7.72. The fraction of sp³-hybridized carbons (Fsp3) is 0.517. The van der Waals surface area contributed by atoms with Crippen LogP contribution in [0.5, 0.6) is 0 Å². The first-order chi connectivity index (χ1) is 16.4. The van der Waals surface area contributed by atoms with Gasteiger partial charge in [0.1, 0.15) is 0 Å². The van der Waals surface area contributed by atoms with Crippen molar-refractivity contribution in [2.45, 2.75) is 58.8 Å². The van der Waals surface area contributed by atoms with Crippen LogP contribution in [-0.4, -0.2) is 49.4 Å². The number of nitrogens with zero attached hydrogens (tertiary/aromatic N) is 1. The molecular weight excluding hydrogens is 422 g/mol. The number of carbonyl (C=O) groups is 2. The van der Waals surface area contributed by atoms with Crippen molar-refractivity contribution in [3.63, 3.8) is 0 Å². The summed E-state index contributed by atoms with van der Waals surface area (Å²) in [6.07, 6.45) is 4.81. The van der Waals surface area contributed by atoms with Crippen LogP contribution >= 0.6 is 0 Å². The lowest BCUT2D eigenvalue weighted by atomic mass is 9.72. The smallest absolute Gasteiger partial charge is 0.251 e. The molecule has 2 aromatic carbocycles. The third-order valence-corrected chi connectivity index (χ3v) is 7.73. The Balaban J connectivity index is 1.29. The molecule has 0 spiro atoms. The maximum absolute atomic E-state index is 12.8. The number of fused-ring (bicyclic) bond motifs is 1. The monoisotopic (exact) mass is 461 g/mol. The molecule has 5 nitrogen and oxygen atoms in total. The Morgan fingerprint density at radius 3 is 2.74 bits per heavy atom. The van der Waals surface area contributed by atoms with Gasteiger partial charge < -0.3 is 15.5 Å². The number of likely N-dealkylation sites (tertiary alicyclic amines) is 1. The van der Waals surface area contributed by atoms with Gasteiger partial charge in [-0.2, -0.15) is 0 Å². The minimum absolute atomic E-state index is 0.00711. The standard InChI is InChI=1S/C29H39N3O2/c1-4-30-28(34)29(3)14-13-22-18-23(11-12-24(22)19-29)27(33)31-15-17-32-16-7-9-25(20-32)26-10-6-5-8-21(26)2/h5-6,8,10-12,18,25H,4,7,9,13-17,19-20H2,1-3H3,(H,30,34)(H,31,33). The summed E-state index contributed by atoms with van der Waals surface area (Å²) < 4.78 is 0. The summed E-state index contributed by atoms with van der Waals surface area (Å²) in [5.41, 5.74) is 5.59. The van der Waals surface area contributed by atoms with Crippen molar-refractivity contribution in [2.24, 2.45) is 5.41 Å². The molecule has 5 heteroatoms. The van der Waals surface area contributed by atoms with Crippen molar-refractivity contribution in [3.8, 4) is 0 Å². The quantitative estimate of drug-likeness (QED) is 0.649. The van der Waals surface area contributed by atoms with Gasteiger partial charge in [-0.15, -0.1) is 0 Å². The van der Waals surface area contributed by atoms with Gasteiger partial charge in [-0.1, -0.05) is 37.3 Å². The second-order valence-corrected chi connectivity index (χ2v) is 10.3. The molecule has 0 saturated carbocycles. The maximum Gasteiger partial charge on any atom is 0.251 e. The molecule has 2 aromatic rings. The molecule has 182 valence electrons. The van der Waals surface area contributed by atoms with Crippen LogP contribution in [0.4, 0.5) is 0 Å². The number of nitrogens with one attached hydrogen (secondary N) is 2. The van der Waals surface area contributed by atoms with Gasteiger partial charge in [-0.05, 0) is 92.8 Å². The van der Waals surface area contributed by atoms with Crippen molar-refractivity contribution in [2.75, 3.05) is 32.7 Å². The molecule has 2 unspecified atom stereocenters. The van der Waals surface area contributed by atoms with Crippen LogP contribution in [0, 0.1) is 12.3 Å². The zero-order valence-electron chi connectivity index (χ0n) is 21.0. The molecule has 2 atom stereocenters. The number of rotatable bonds is 7. The number of piperidine rings is 1. The highest BCUT2D eigenvalue weighted by atomic mass is 16.2. The van der Waals surface area contributed by atoms with Crippen LogP contribution in [0.25, 0.3) is 0 Å². The minimum atomic E-state index is -0.364. The highest BCUT2D eigenvalue weighted by Gasteiger charge is 2.36. The van der Waals surface area contributed by atoms with Crippen LogP contribution < -0.4 is 10.6 Å². The number of aryl methyl sites for hydroxylation is 2. The lowest BCUT2D eigenvalue weighted by molar-refractivity contribution is -0.130. The van der Waals surface area contributed by atoms with Crippen LogP contribution in [0.15, 0.2) is 42.5 Å². The van der Waals surface area contributed by atoms with E-state index >= 15 is 0 Å². The van der Waals surface area contributed by atoms with Crippen molar-refractivity contribution >= 4 is 11.8 Å². The van der Waals surface area contributed by atoms with Crippen LogP contribution in [0.1, 0.15) is 71.6 Å². The van der Waals surface area contributed by atoms with E-state index < -0.39 is 0 Å². The van der Waals surface area contributed by atoms with E-state index in [1.807, 2.05) is 32.0 Å². The number of hydrogen-bond donors (Lipinski definition) is 2. The van der Waals surface area contributed by atoms with Gasteiger partial charge in [0.15, 0.2) is 0 Å². The van der Waals surface area contributed by atoms with E-state index in [4.69, 9.17) is 0 Å². The molecule has 34 heavy (non-hydrogen) atoms. The van der Waals surface area contributed by atoms with Crippen molar-refractivity contribution in [1.29, 1.82) is 0 Å². The van der Waals surface area contributed by atoms with E-state index in [1.165, 1.54) is 35.1 Å². The van der Waals surface area contributed by atoms with Crippen LogP contribution in [0.2, 0.25) is 0 Å². The number of carbonyl (C=O) groups excluding carboxylic acids is 2. The second kappa shape index (κ2) is 10.7. The first-order valence-electron chi connectivity index (χ1n) is 12.9. The average Bonchev–Trinajstić information content (AvgIpc) is 2.84. The maximum atomic E-state index is 12.8. The third kappa shape index (κ3) is 5.52. The van der Waals surface area contributed by atoms with E-state index in [0.717, 1.165) is 44.5 Å². The van der Waals surface area contributed by atoms with E-state index in [0.29, 0.717) is 19.0 Å². The lowest BCUT2D eigenvalue weighted by Crippen LogP contribution is -2.42. The minimum Gasteiger partial charge on any atom is -0.356 e. The van der Waals surface area contributed by atoms with E-state index in [-0.39, 0.29) is 17.2 Å². The van der Waals surface area contributed by atoms with Crippen molar-refractivity contribution in [1.82, 2.24) is 15.5 Å². The predicted octanol–water partition coefficient (Wildman–Crippen LogP) is 4.24. The van der Waals surface area contributed by atoms with E-state index in [9.17, 15) is 9.59 Å². The normalized spacial score (nSPS) is 22.6. The van der Waals surface area contributed by atoms with Gasteiger partial charge in [-0.25, -0.2) is 0 Å². The molecule has 0 aromatic heterocycles. The molecule has 2 aliphatic rings. The summed E-state index contributed by atoms with van der Waals surface area (Å²) >= 11 is 0. The molecule has 2 N–H and O–H groups in total. The fourth-order valence-electron chi connectivity index (χ4n) is 5.65. The molecule has 1 fully saturated rings. The average molecular weight is 462 g/mol. The summed E-state index contributed by atoms with van der Waals surface area (Å²) in [5.74, 6) is 0.702. The molecule has 1 saturated heterocycles. The zero-order chi connectivity index (χ0) is 24.1. The molecular formula is C29H39N3O2. The molecule has 4 rings (SSSR count). The molecule has 0 bridgehead atoms. The van der Waals surface area contributed by atoms with Crippen LogP contribution in [0.3, 0.4) is 0 Å². The number of hydrogen-bond acceptors (Lipinski definition) is 3. The Bertz CT molecular complexity index is 1030. The third-order valence-electron chi connectivity index (χ3n) is 7.73. The second-order valence-electron chi connectivity index (χ2n) is 10.3. The molecule has 1 heterocycles.